The lowest BCUT2D eigenvalue weighted by atomic mass is 9.89. The van der Waals surface area contributed by atoms with E-state index in [2.05, 4.69) is 19.1 Å². The van der Waals surface area contributed by atoms with Gasteiger partial charge in [0.2, 0.25) is 0 Å². The highest BCUT2D eigenvalue weighted by Crippen LogP contribution is 2.41. The van der Waals surface area contributed by atoms with E-state index in [1.807, 2.05) is 6.07 Å². The fourth-order valence-corrected chi connectivity index (χ4v) is 3.08. The van der Waals surface area contributed by atoms with Crippen molar-refractivity contribution in [1.29, 1.82) is 0 Å². The minimum absolute atomic E-state index is 0.339. The zero-order valence-electron chi connectivity index (χ0n) is 10.9. The molecule has 1 aromatic carbocycles. The molecule has 1 fully saturated rings. The van der Waals surface area contributed by atoms with Crippen LogP contribution < -0.4 is 15.2 Å². The lowest BCUT2D eigenvalue weighted by Gasteiger charge is -2.19. The van der Waals surface area contributed by atoms with E-state index in [0.717, 1.165) is 37.6 Å². The summed E-state index contributed by atoms with van der Waals surface area (Å²) in [4.78, 5) is 0. The highest BCUT2D eigenvalue weighted by atomic mass is 16.5. The van der Waals surface area contributed by atoms with Crippen molar-refractivity contribution in [1.82, 2.24) is 0 Å². The predicted octanol–water partition coefficient (Wildman–Crippen LogP) is 2.69. The van der Waals surface area contributed by atoms with Gasteiger partial charge in [-0.05, 0) is 42.4 Å². The Morgan fingerprint density at radius 1 is 1.11 bits per heavy atom. The first-order chi connectivity index (χ1) is 8.75. The van der Waals surface area contributed by atoms with Gasteiger partial charge in [0.15, 0.2) is 11.5 Å². The van der Waals surface area contributed by atoms with Crippen LogP contribution in [0.15, 0.2) is 18.2 Å². The van der Waals surface area contributed by atoms with Gasteiger partial charge in [-0.2, -0.15) is 0 Å². The Morgan fingerprint density at radius 2 is 1.89 bits per heavy atom. The summed E-state index contributed by atoms with van der Waals surface area (Å²) < 4.78 is 11.4. The normalized spacial score (nSPS) is 31.1. The third kappa shape index (κ3) is 2.07. The van der Waals surface area contributed by atoms with E-state index < -0.39 is 0 Å². The first-order valence-corrected chi connectivity index (χ1v) is 6.91. The third-order valence-corrected chi connectivity index (χ3v) is 4.32. The molecule has 3 rings (SSSR count). The summed E-state index contributed by atoms with van der Waals surface area (Å²) in [6.07, 6.45) is 3.26. The monoisotopic (exact) mass is 247 g/mol. The van der Waals surface area contributed by atoms with Gasteiger partial charge in [0, 0.05) is 12.5 Å². The van der Waals surface area contributed by atoms with Crippen LogP contribution in [0.25, 0.3) is 0 Å². The van der Waals surface area contributed by atoms with E-state index in [1.54, 1.807) is 0 Å². The van der Waals surface area contributed by atoms with Crippen LogP contribution in [0.4, 0.5) is 0 Å². The Kier molecular flexibility index (Phi) is 3.16. The average molecular weight is 247 g/mol. The summed E-state index contributed by atoms with van der Waals surface area (Å²) in [6.45, 7) is 3.75. The van der Waals surface area contributed by atoms with Crippen LogP contribution in [0.2, 0.25) is 0 Å². The van der Waals surface area contributed by atoms with Crippen LogP contribution >= 0.6 is 0 Å². The van der Waals surface area contributed by atoms with Crippen molar-refractivity contribution in [2.75, 3.05) is 13.2 Å². The molecule has 0 aromatic heterocycles. The van der Waals surface area contributed by atoms with Crippen LogP contribution in [0, 0.1) is 5.92 Å². The molecule has 0 spiro atoms. The zero-order valence-corrected chi connectivity index (χ0v) is 10.9. The van der Waals surface area contributed by atoms with Crippen molar-refractivity contribution in [3.63, 3.8) is 0 Å². The second kappa shape index (κ2) is 4.81. The summed E-state index contributed by atoms with van der Waals surface area (Å²) in [6, 6.07) is 6.71. The van der Waals surface area contributed by atoms with Gasteiger partial charge in [-0.15, -0.1) is 0 Å². The summed E-state index contributed by atoms with van der Waals surface area (Å²) in [5, 5.41) is 0. The van der Waals surface area contributed by atoms with Gasteiger partial charge in [-0.25, -0.2) is 0 Å². The number of benzene rings is 1. The van der Waals surface area contributed by atoms with Crippen molar-refractivity contribution >= 4 is 0 Å². The molecule has 2 N–H and O–H groups in total. The summed E-state index contributed by atoms with van der Waals surface area (Å²) in [7, 11) is 0. The van der Waals surface area contributed by atoms with E-state index in [1.165, 1.54) is 12.0 Å². The molecule has 1 aliphatic heterocycles. The molecule has 1 aromatic rings. The number of hydrogen-bond acceptors (Lipinski definition) is 3. The predicted molar refractivity (Wildman–Crippen MR) is 71.2 cm³/mol. The Hall–Kier alpha value is -1.22. The van der Waals surface area contributed by atoms with Crippen LogP contribution in [0.1, 0.15) is 37.7 Å². The average Bonchev–Trinajstić information content (AvgIpc) is 2.61. The van der Waals surface area contributed by atoms with E-state index in [4.69, 9.17) is 15.2 Å². The second-order valence-corrected chi connectivity index (χ2v) is 5.46. The molecule has 18 heavy (non-hydrogen) atoms. The largest absolute Gasteiger partial charge is 0.490 e. The van der Waals surface area contributed by atoms with Gasteiger partial charge in [-0.3, -0.25) is 0 Å². The van der Waals surface area contributed by atoms with Gasteiger partial charge in [0.05, 0.1) is 13.2 Å². The number of fused-ring (bicyclic) bond motifs is 1. The molecule has 1 heterocycles. The maximum atomic E-state index is 6.11. The molecule has 3 heteroatoms. The lowest BCUT2D eigenvalue weighted by Crippen LogP contribution is -2.24. The SMILES string of the molecule is CC1C(N)CCC1c1ccc2c(c1)OCCCO2. The minimum atomic E-state index is 0.339. The Balaban J connectivity index is 1.87. The molecule has 98 valence electrons. The number of rotatable bonds is 1. The van der Waals surface area contributed by atoms with E-state index in [-0.39, 0.29) is 0 Å². The molecular formula is C15H21NO2. The Labute approximate surface area is 108 Å². The maximum Gasteiger partial charge on any atom is 0.161 e. The topological polar surface area (TPSA) is 44.5 Å². The van der Waals surface area contributed by atoms with Crippen molar-refractivity contribution in [2.45, 2.75) is 38.1 Å². The number of nitrogens with two attached hydrogens (primary N) is 1. The molecular weight excluding hydrogens is 226 g/mol. The molecule has 3 unspecified atom stereocenters. The van der Waals surface area contributed by atoms with Crippen molar-refractivity contribution in [3.05, 3.63) is 23.8 Å². The second-order valence-electron chi connectivity index (χ2n) is 5.46. The van der Waals surface area contributed by atoms with Gasteiger partial charge < -0.3 is 15.2 Å². The van der Waals surface area contributed by atoms with Crippen LogP contribution in [-0.2, 0) is 0 Å². The standard InChI is InChI=1S/C15H21NO2/c1-10-12(4-5-13(10)16)11-3-6-14-15(9-11)18-8-2-7-17-14/h3,6,9-10,12-13H,2,4-5,7-8,16H2,1H3. The van der Waals surface area contributed by atoms with E-state index in [0.29, 0.717) is 17.9 Å². The fraction of sp³-hybridized carbons (Fsp3) is 0.600. The van der Waals surface area contributed by atoms with E-state index >= 15 is 0 Å². The first-order valence-electron chi connectivity index (χ1n) is 6.91. The number of hydrogen-bond donors (Lipinski definition) is 1. The molecule has 0 radical (unpaired) electrons. The molecule has 0 bridgehead atoms. The smallest absolute Gasteiger partial charge is 0.161 e. The molecule has 0 saturated heterocycles. The molecule has 2 aliphatic rings. The van der Waals surface area contributed by atoms with E-state index in [9.17, 15) is 0 Å². The number of ether oxygens (including phenoxy) is 2. The summed E-state index contributed by atoms with van der Waals surface area (Å²) >= 11 is 0. The van der Waals surface area contributed by atoms with Crippen molar-refractivity contribution in [2.24, 2.45) is 11.7 Å². The van der Waals surface area contributed by atoms with Gasteiger partial charge in [-0.1, -0.05) is 13.0 Å². The molecule has 1 aliphatic carbocycles. The Bertz CT molecular complexity index is 433. The van der Waals surface area contributed by atoms with Gasteiger partial charge >= 0.3 is 0 Å². The highest BCUT2D eigenvalue weighted by molar-refractivity contribution is 5.44. The maximum absolute atomic E-state index is 6.11. The zero-order chi connectivity index (χ0) is 12.5. The Morgan fingerprint density at radius 3 is 2.61 bits per heavy atom. The highest BCUT2D eigenvalue weighted by Gasteiger charge is 2.31. The summed E-state index contributed by atoms with van der Waals surface area (Å²) in [5.74, 6) is 2.90. The first kappa shape index (κ1) is 11.8. The van der Waals surface area contributed by atoms with Crippen molar-refractivity contribution < 1.29 is 9.47 Å². The van der Waals surface area contributed by atoms with Gasteiger partial charge in [0.1, 0.15) is 0 Å². The third-order valence-electron chi connectivity index (χ3n) is 4.32. The van der Waals surface area contributed by atoms with Crippen LogP contribution in [-0.4, -0.2) is 19.3 Å². The lowest BCUT2D eigenvalue weighted by molar-refractivity contribution is 0.297. The molecule has 3 atom stereocenters. The van der Waals surface area contributed by atoms with Crippen LogP contribution in [0.5, 0.6) is 11.5 Å². The summed E-state index contributed by atoms with van der Waals surface area (Å²) in [5.41, 5.74) is 7.46. The van der Waals surface area contributed by atoms with Crippen molar-refractivity contribution in [3.8, 4) is 11.5 Å². The molecule has 1 saturated carbocycles. The quantitative estimate of drug-likeness (QED) is 0.829. The molecule has 3 nitrogen and oxygen atoms in total. The fourth-order valence-electron chi connectivity index (χ4n) is 3.08. The molecule has 0 amide bonds. The minimum Gasteiger partial charge on any atom is -0.490 e. The van der Waals surface area contributed by atoms with Crippen LogP contribution in [0.3, 0.4) is 0 Å². The van der Waals surface area contributed by atoms with Gasteiger partial charge in [0.25, 0.3) is 0 Å².